The van der Waals surface area contributed by atoms with Crippen LogP contribution >= 0.6 is 23.1 Å². The van der Waals surface area contributed by atoms with Crippen molar-refractivity contribution < 1.29 is 14.3 Å². The van der Waals surface area contributed by atoms with Crippen molar-refractivity contribution in [3.8, 4) is 0 Å². The van der Waals surface area contributed by atoms with Gasteiger partial charge in [0.15, 0.2) is 5.16 Å². The molecule has 0 aliphatic heterocycles. The summed E-state index contributed by atoms with van der Waals surface area (Å²) in [4.78, 5) is 26.1. The Morgan fingerprint density at radius 1 is 1.32 bits per heavy atom. The first-order valence-electron chi connectivity index (χ1n) is 9.52. The van der Waals surface area contributed by atoms with Gasteiger partial charge in [-0.3, -0.25) is 4.79 Å². The van der Waals surface area contributed by atoms with E-state index in [0.717, 1.165) is 48.6 Å². The number of esters is 1. The number of hydrogen-bond acceptors (Lipinski definition) is 7. The molecule has 4 rings (SSSR count). The molecule has 1 amide bonds. The number of methoxy groups -OCH3 is 1. The number of carbonyl (C=O) groups excluding carboxylic acids is 2. The lowest BCUT2D eigenvalue weighted by Gasteiger charge is -2.18. The number of nitrogens with zero attached hydrogens (tertiary/aromatic N) is 3. The standard InChI is InChI=1S/C19H24N4O3S2/c1-10-4-7-12-13(8-10)28-17(15(12)18(25)26-3)20-14(24)9-27-19-22-21-16(23(19)2)11-5-6-11/h10-11H,4-9H2,1-3H3,(H,20,24)/t10-/m1/s1. The number of fused-ring (bicyclic) bond motifs is 1. The lowest BCUT2D eigenvalue weighted by molar-refractivity contribution is -0.113. The van der Waals surface area contributed by atoms with E-state index in [2.05, 4.69) is 22.4 Å². The zero-order valence-electron chi connectivity index (χ0n) is 16.3. The summed E-state index contributed by atoms with van der Waals surface area (Å²) in [5, 5.41) is 12.7. The highest BCUT2D eigenvalue weighted by Gasteiger charge is 2.30. The van der Waals surface area contributed by atoms with Crippen molar-refractivity contribution in [1.29, 1.82) is 0 Å². The van der Waals surface area contributed by atoms with E-state index in [-0.39, 0.29) is 17.6 Å². The van der Waals surface area contributed by atoms with Crippen molar-refractivity contribution in [2.24, 2.45) is 13.0 Å². The fourth-order valence-electron chi connectivity index (χ4n) is 3.60. The molecule has 2 aliphatic rings. The van der Waals surface area contributed by atoms with Crippen LogP contribution in [-0.4, -0.2) is 39.5 Å². The maximum atomic E-state index is 12.6. The average molecular weight is 421 g/mol. The highest BCUT2D eigenvalue weighted by Crippen LogP contribution is 2.41. The number of nitrogens with one attached hydrogen (secondary N) is 1. The van der Waals surface area contributed by atoms with Crippen LogP contribution < -0.4 is 5.32 Å². The van der Waals surface area contributed by atoms with Crippen molar-refractivity contribution in [2.75, 3.05) is 18.2 Å². The van der Waals surface area contributed by atoms with E-state index in [1.165, 1.54) is 35.1 Å². The monoisotopic (exact) mass is 420 g/mol. The molecule has 1 fully saturated rings. The van der Waals surface area contributed by atoms with Crippen LogP contribution in [0.1, 0.15) is 58.7 Å². The zero-order chi connectivity index (χ0) is 19.8. The molecule has 0 bridgehead atoms. The van der Waals surface area contributed by atoms with Gasteiger partial charge in [-0.2, -0.15) is 0 Å². The Morgan fingerprint density at radius 2 is 2.11 bits per heavy atom. The largest absolute Gasteiger partial charge is 0.465 e. The maximum absolute atomic E-state index is 12.6. The molecule has 0 unspecified atom stereocenters. The number of anilines is 1. The second-order valence-corrected chi connectivity index (χ2v) is 9.61. The summed E-state index contributed by atoms with van der Waals surface area (Å²) in [6, 6.07) is 0. The molecule has 2 heterocycles. The highest BCUT2D eigenvalue weighted by molar-refractivity contribution is 7.99. The number of ether oxygens (including phenoxy) is 1. The minimum absolute atomic E-state index is 0.155. The number of thiophene rings is 1. The van der Waals surface area contributed by atoms with Gasteiger partial charge in [0, 0.05) is 17.8 Å². The fourth-order valence-corrected chi connectivity index (χ4v) is 5.73. The van der Waals surface area contributed by atoms with Crippen LogP contribution in [0.2, 0.25) is 0 Å². The molecule has 1 saturated carbocycles. The van der Waals surface area contributed by atoms with Gasteiger partial charge in [-0.05, 0) is 43.6 Å². The van der Waals surface area contributed by atoms with Crippen LogP contribution in [0.5, 0.6) is 0 Å². The summed E-state index contributed by atoms with van der Waals surface area (Å²) >= 11 is 2.87. The molecule has 1 N–H and O–H groups in total. The molecule has 28 heavy (non-hydrogen) atoms. The van der Waals surface area contributed by atoms with Gasteiger partial charge in [-0.15, -0.1) is 21.5 Å². The quantitative estimate of drug-likeness (QED) is 0.569. The van der Waals surface area contributed by atoms with Gasteiger partial charge in [0.25, 0.3) is 0 Å². The predicted molar refractivity (Wildman–Crippen MR) is 109 cm³/mol. The van der Waals surface area contributed by atoms with Gasteiger partial charge >= 0.3 is 5.97 Å². The van der Waals surface area contributed by atoms with E-state index >= 15 is 0 Å². The molecule has 0 saturated heterocycles. The molecule has 1 atom stereocenters. The van der Waals surface area contributed by atoms with Crippen LogP contribution in [0.4, 0.5) is 5.00 Å². The minimum Gasteiger partial charge on any atom is -0.465 e. The van der Waals surface area contributed by atoms with Gasteiger partial charge in [0.2, 0.25) is 5.91 Å². The molecule has 2 aliphatic carbocycles. The topological polar surface area (TPSA) is 86.1 Å². The van der Waals surface area contributed by atoms with Gasteiger partial charge in [-0.25, -0.2) is 4.79 Å². The number of carbonyl (C=O) groups is 2. The van der Waals surface area contributed by atoms with E-state index < -0.39 is 0 Å². The molecule has 2 aromatic heterocycles. The number of amides is 1. The Morgan fingerprint density at radius 3 is 2.82 bits per heavy atom. The second-order valence-electron chi connectivity index (χ2n) is 7.56. The van der Waals surface area contributed by atoms with Crippen molar-refractivity contribution in [3.63, 3.8) is 0 Å². The third-order valence-electron chi connectivity index (χ3n) is 5.30. The summed E-state index contributed by atoms with van der Waals surface area (Å²) in [7, 11) is 3.32. The molecule has 0 spiro atoms. The number of hydrogen-bond donors (Lipinski definition) is 1. The summed E-state index contributed by atoms with van der Waals surface area (Å²) in [5.41, 5.74) is 1.57. The van der Waals surface area contributed by atoms with Gasteiger partial charge in [0.1, 0.15) is 10.8 Å². The Kier molecular flexibility index (Phi) is 5.46. The summed E-state index contributed by atoms with van der Waals surface area (Å²) in [6.45, 7) is 2.21. The first-order valence-corrected chi connectivity index (χ1v) is 11.3. The first-order chi connectivity index (χ1) is 13.5. The highest BCUT2D eigenvalue weighted by atomic mass is 32.2. The van der Waals surface area contributed by atoms with Crippen LogP contribution in [-0.2, 0) is 29.4 Å². The smallest absolute Gasteiger partial charge is 0.341 e. The molecular weight excluding hydrogens is 396 g/mol. The molecule has 0 radical (unpaired) electrons. The number of thioether (sulfide) groups is 1. The molecular formula is C19H24N4O3S2. The van der Waals surface area contributed by atoms with Gasteiger partial charge < -0.3 is 14.6 Å². The number of aromatic nitrogens is 3. The van der Waals surface area contributed by atoms with E-state index in [9.17, 15) is 9.59 Å². The van der Waals surface area contributed by atoms with E-state index in [0.29, 0.717) is 22.4 Å². The van der Waals surface area contributed by atoms with Crippen LogP contribution in [0.15, 0.2) is 5.16 Å². The van der Waals surface area contributed by atoms with Crippen molar-refractivity contribution in [1.82, 2.24) is 14.8 Å². The predicted octanol–water partition coefficient (Wildman–Crippen LogP) is 3.40. The third-order valence-corrected chi connectivity index (χ3v) is 7.49. The Bertz CT molecular complexity index is 917. The Hall–Kier alpha value is -1.87. The zero-order valence-corrected chi connectivity index (χ0v) is 17.9. The van der Waals surface area contributed by atoms with Crippen molar-refractivity contribution in [3.05, 3.63) is 21.8 Å². The van der Waals surface area contributed by atoms with Gasteiger partial charge in [0.05, 0.1) is 18.4 Å². The van der Waals surface area contributed by atoms with Gasteiger partial charge in [-0.1, -0.05) is 18.7 Å². The van der Waals surface area contributed by atoms with Crippen molar-refractivity contribution in [2.45, 2.75) is 50.1 Å². The van der Waals surface area contributed by atoms with Crippen LogP contribution in [0, 0.1) is 5.92 Å². The van der Waals surface area contributed by atoms with Crippen LogP contribution in [0.3, 0.4) is 0 Å². The summed E-state index contributed by atoms with van der Waals surface area (Å²) < 4.78 is 6.95. The van der Waals surface area contributed by atoms with E-state index in [1.807, 2.05) is 11.6 Å². The normalized spacial score (nSPS) is 18.6. The first kappa shape index (κ1) is 19.4. The van der Waals surface area contributed by atoms with Crippen LogP contribution in [0.25, 0.3) is 0 Å². The Labute approximate surface area is 172 Å². The lowest BCUT2D eigenvalue weighted by Crippen LogP contribution is -2.17. The minimum atomic E-state index is -0.377. The lowest BCUT2D eigenvalue weighted by atomic mass is 9.88. The number of rotatable bonds is 6. The SMILES string of the molecule is COC(=O)c1c(NC(=O)CSc2nnc(C3CC3)n2C)sc2c1CC[C@@H](C)C2. The van der Waals surface area contributed by atoms with E-state index in [1.54, 1.807) is 0 Å². The van der Waals surface area contributed by atoms with E-state index in [4.69, 9.17) is 4.74 Å². The van der Waals surface area contributed by atoms with Crippen molar-refractivity contribution >= 4 is 40.0 Å². The summed E-state index contributed by atoms with van der Waals surface area (Å²) in [5.74, 6) is 1.79. The molecule has 9 heteroatoms. The molecule has 2 aromatic rings. The fraction of sp³-hybridized carbons (Fsp3) is 0.579. The molecule has 0 aromatic carbocycles. The maximum Gasteiger partial charge on any atom is 0.341 e. The molecule has 150 valence electrons. The third kappa shape index (κ3) is 3.82. The second kappa shape index (κ2) is 7.87. The molecule has 7 nitrogen and oxygen atoms in total. The summed E-state index contributed by atoms with van der Waals surface area (Å²) in [6.07, 6.45) is 5.17. The Balaban J connectivity index is 1.46. The average Bonchev–Trinajstić information content (AvgIpc) is 3.36.